The molecule has 4 rings (SSSR count). The van der Waals surface area contributed by atoms with Crippen LogP contribution in [0.15, 0.2) is 63.5 Å². The minimum atomic E-state index is -0.631. The van der Waals surface area contributed by atoms with E-state index in [2.05, 4.69) is 5.32 Å². The van der Waals surface area contributed by atoms with E-state index < -0.39 is 23.0 Å². The number of rotatable bonds is 7. The summed E-state index contributed by atoms with van der Waals surface area (Å²) in [6.45, 7) is 1.99. The van der Waals surface area contributed by atoms with Gasteiger partial charge in [-0.3, -0.25) is 18.7 Å². The van der Waals surface area contributed by atoms with E-state index in [0.29, 0.717) is 28.1 Å². The summed E-state index contributed by atoms with van der Waals surface area (Å²) < 4.78 is 21.7. The van der Waals surface area contributed by atoms with Gasteiger partial charge in [0.1, 0.15) is 22.8 Å². The molecule has 0 aliphatic rings. The zero-order valence-corrected chi connectivity index (χ0v) is 19.1. The molecule has 0 bridgehead atoms. The van der Waals surface area contributed by atoms with Crippen molar-refractivity contribution in [1.82, 2.24) is 9.13 Å². The average Bonchev–Trinajstić information content (AvgIpc) is 3.27. The van der Waals surface area contributed by atoms with Gasteiger partial charge in [-0.2, -0.15) is 0 Å². The van der Waals surface area contributed by atoms with Gasteiger partial charge in [0.25, 0.3) is 5.56 Å². The SMILES string of the molecule is CCOc1cccc(Cn2c(=O)c3sccc3n(CC(=O)Nc3cc(F)ccc3Cl)c2=O)c1. The highest BCUT2D eigenvalue weighted by Gasteiger charge is 2.17. The van der Waals surface area contributed by atoms with Gasteiger partial charge in [0.05, 0.1) is 29.4 Å². The van der Waals surface area contributed by atoms with E-state index in [1.54, 1.807) is 35.7 Å². The maximum atomic E-state index is 13.5. The van der Waals surface area contributed by atoms with Gasteiger partial charge in [0, 0.05) is 0 Å². The standard InChI is InChI=1S/C23H19ClFN3O4S/c1-2-32-16-5-3-4-14(10-16)12-28-22(30)21-19(8-9-33-21)27(23(28)31)13-20(29)26-18-11-15(25)6-7-17(18)24/h3-11H,2,12-13H2,1H3,(H,26,29). The minimum absolute atomic E-state index is 0.0176. The molecule has 2 aromatic heterocycles. The van der Waals surface area contributed by atoms with E-state index in [9.17, 15) is 18.8 Å². The third kappa shape index (κ3) is 4.84. The molecule has 1 N–H and O–H groups in total. The number of halogens is 2. The number of hydrogen-bond donors (Lipinski definition) is 1. The van der Waals surface area contributed by atoms with E-state index in [1.165, 1.54) is 28.0 Å². The third-order valence-electron chi connectivity index (χ3n) is 4.89. The number of anilines is 1. The topological polar surface area (TPSA) is 82.3 Å². The first-order valence-electron chi connectivity index (χ1n) is 10.0. The number of carbonyl (C=O) groups is 1. The Hall–Kier alpha value is -3.43. The van der Waals surface area contributed by atoms with E-state index >= 15 is 0 Å². The lowest BCUT2D eigenvalue weighted by Crippen LogP contribution is -2.41. The molecule has 170 valence electrons. The lowest BCUT2D eigenvalue weighted by molar-refractivity contribution is -0.116. The number of thiophene rings is 1. The van der Waals surface area contributed by atoms with Crippen LogP contribution in [-0.4, -0.2) is 21.6 Å². The molecule has 0 radical (unpaired) electrons. The predicted molar refractivity (Wildman–Crippen MR) is 127 cm³/mol. The highest BCUT2D eigenvalue weighted by molar-refractivity contribution is 7.17. The van der Waals surface area contributed by atoms with Crippen molar-refractivity contribution in [2.75, 3.05) is 11.9 Å². The Morgan fingerprint density at radius 2 is 1.97 bits per heavy atom. The van der Waals surface area contributed by atoms with Crippen molar-refractivity contribution in [3.8, 4) is 5.75 Å². The van der Waals surface area contributed by atoms with Crippen LogP contribution in [0.1, 0.15) is 12.5 Å². The second-order valence-corrected chi connectivity index (χ2v) is 8.47. The number of aromatic nitrogens is 2. The average molecular weight is 488 g/mol. The molecular weight excluding hydrogens is 469 g/mol. The Morgan fingerprint density at radius 1 is 1.15 bits per heavy atom. The van der Waals surface area contributed by atoms with Crippen LogP contribution in [0.25, 0.3) is 10.2 Å². The summed E-state index contributed by atoms with van der Waals surface area (Å²) >= 11 is 7.21. The smallest absolute Gasteiger partial charge is 0.332 e. The summed E-state index contributed by atoms with van der Waals surface area (Å²) in [5.41, 5.74) is 0.0931. The lowest BCUT2D eigenvalue weighted by Gasteiger charge is -2.13. The van der Waals surface area contributed by atoms with Crippen LogP contribution in [0.4, 0.5) is 10.1 Å². The number of hydrogen-bond acceptors (Lipinski definition) is 5. The van der Waals surface area contributed by atoms with Gasteiger partial charge in [-0.15, -0.1) is 11.3 Å². The lowest BCUT2D eigenvalue weighted by atomic mass is 10.2. The van der Waals surface area contributed by atoms with Crippen molar-refractivity contribution in [2.24, 2.45) is 0 Å². The second-order valence-electron chi connectivity index (χ2n) is 7.15. The van der Waals surface area contributed by atoms with Crippen LogP contribution in [0.5, 0.6) is 5.75 Å². The van der Waals surface area contributed by atoms with Crippen LogP contribution >= 0.6 is 22.9 Å². The first-order chi connectivity index (χ1) is 15.9. The van der Waals surface area contributed by atoms with Gasteiger partial charge < -0.3 is 10.1 Å². The van der Waals surface area contributed by atoms with Gasteiger partial charge in [0.15, 0.2) is 0 Å². The zero-order valence-electron chi connectivity index (χ0n) is 17.5. The minimum Gasteiger partial charge on any atom is -0.494 e. The number of ether oxygens (including phenoxy) is 1. The molecule has 0 saturated carbocycles. The number of amides is 1. The van der Waals surface area contributed by atoms with Gasteiger partial charge in [0.2, 0.25) is 5.91 Å². The summed E-state index contributed by atoms with van der Waals surface area (Å²) in [6.07, 6.45) is 0. The number of carbonyl (C=O) groups excluding carboxylic acids is 1. The number of nitrogens with one attached hydrogen (secondary N) is 1. The third-order valence-corrected chi connectivity index (χ3v) is 6.11. The summed E-state index contributed by atoms with van der Waals surface area (Å²) in [4.78, 5) is 38.9. The fourth-order valence-corrected chi connectivity index (χ4v) is 4.44. The fraction of sp³-hybridized carbons (Fsp3) is 0.174. The monoisotopic (exact) mass is 487 g/mol. The Bertz CT molecular complexity index is 1460. The zero-order chi connectivity index (χ0) is 23.5. The first kappa shape index (κ1) is 22.8. The molecule has 7 nitrogen and oxygen atoms in total. The molecule has 2 heterocycles. The van der Waals surface area contributed by atoms with Gasteiger partial charge >= 0.3 is 5.69 Å². The molecule has 10 heteroatoms. The Morgan fingerprint density at radius 3 is 2.76 bits per heavy atom. The van der Waals surface area contributed by atoms with Crippen molar-refractivity contribution >= 4 is 44.7 Å². The van der Waals surface area contributed by atoms with Crippen LogP contribution < -0.4 is 21.3 Å². The van der Waals surface area contributed by atoms with E-state index in [0.717, 1.165) is 10.6 Å². The molecule has 2 aromatic carbocycles. The second kappa shape index (κ2) is 9.60. The van der Waals surface area contributed by atoms with Crippen molar-refractivity contribution < 1.29 is 13.9 Å². The molecule has 0 unspecified atom stereocenters. The fourth-order valence-electron chi connectivity index (χ4n) is 3.44. The predicted octanol–water partition coefficient (Wildman–Crippen LogP) is 4.10. The van der Waals surface area contributed by atoms with Crippen molar-refractivity contribution in [1.29, 1.82) is 0 Å². The number of nitrogens with zero attached hydrogens (tertiary/aromatic N) is 2. The van der Waals surface area contributed by atoms with Gasteiger partial charge in [-0.25, -0.2) is 9.18 Å². The van der Waals surface area contributed by atoms with Crippen LogP contribution in [0.3, 0.4) is 0 Å². The summed E-state index contributed by atoms with van der Waals surface area (Å²) in [6, 6.07) is 12.3. The highest BCUT2D eigenvalue weighted by Crippen LogP contribution is 2.23. The van der Waals surface area contributed by atoms with Crippen molar-refractivity contribution in [2.45, 2.75) is 20.0 Å². The Kier molecular flexibility index (Phi) is 6.62. The van der Waals surface area contributed by atoms with Crippen molar-refractivity contribution in [3.05, 3.63) is 91.2 Å². The number of fused-ring (bicyclic) bond motifs is 1. The van der Waals surface area contributed by atoms with Crippen LogP contribution in [0, 0.1) is 5.82 Å². The summed E-state index contributed by atoms with van der Waals surface area (Å²) in [5.74, 6) is -0.512. The Labute approximate surface area is 196 Å². The first-order valence-corrected chi connectivity index (χ1v) is 11.3. The van der Waals surface area contributed by atoms with E-state index in [1.807, 2.05) is 6.92 Å². The molecular formula is C23H19ClFN3O4S. The normalized spacial score (nSPS) is 11.0. The van der Waals surface area contributed by atoms with Gasteiger partial charge in [-0.1, -0.05) is 23.7 Å². The molecule has 4 aromatic rings. The molecule has 1 amide bonds. The molecule has 0 saturated heterocycles. The number of benzene rings is 2. The maximum Gasteiger partial charge on any atom is 0.332 e. The molecule has 0 atom stereocenters. The molecule has 0 spiro atoms. The summed E-state index contributed by atoms with van der Waals surface area (Å²) in [5, 5.41) is 4.37. The highest BCUT2D eigenvalue weighted by atomic mass is 35.5. The molecule has 0 aliphatic carbocycles. The Balaban J connectivity index is 1.70. The summed E-state index contributed by atoms with van der Waals surface area (Å²) in [7, 11) is 0. The quantitative estimate of drug-likeness (QED) is 0.425. The molecule has 0 fully saturated rings. The van der Waals surface area contributed by atoms with Crippen molar-refractivity contribution in [3.63, 3.8) is 0 Å². The van der Waals surface area contributed by atoms with Crippen LogP contribution in [0.2, 0.25) is 5.02 Å². The largest absolute Gasteiger partial charge is 0.494 e. The maximum absolute atomic E-state index is 13.5. The molecule has 0 aliphatic heterocycles. The van der Waals surface area contributed by atoms with E-state index in [-0.39, 0.29) is 23.8 Å². The van der Waals surface area contributed by atoms with Crippen LogP contribution in [-0.2, 0) is 17.9 Å². The van der Waals surface area contributed by atoms with E-state index in [4.69, 9.17) is 16.3 Å². The molecule has 33 heavy (non-hydrogen) atoms. The van der Waals surface area contributed by atoms with Gasteiger partial charge in [-0.05, 0) is 54.3 Å².